The Morgan fingerprint density at radius 3 is 2.34 bits per heavy atom. The van der Waals surface area contributed by atoms with Crippen LogP contribution in [0.5, 0.6) is 0 Å². The molecule has 8 nitrogen and oxygen atoms in total. The second kappa shape index (κ2) is 7.57. The van der Waals surface area contributed by atoms with Crippen LogP contribution in [0.2, 0.25) is 0 Å². The van der Waals surface area contributed by atoms with Crippen molar-refractivity contribution in [3.63, 3.8) is 0 Å². The summed E-state index contributed by atoms with van der Waals surface area (Å²) in [5.74, 6) is -0.578. The van der Waals surface area contributed by atoms with Crippen LogP contribution in [-0.2, 0) is 19.6 Å². The lowest BCUT2D eigenvalue weighted by atomic mass is 9.76. The van der Waals surface area contributed by atoms with Crippen LogP contribution in [0.4, 0.5) is 0 Å². The fraction of sp³-hybridized carbons (Fsp3) is 0.769. The Kier molecular flexibility index (Phi) is 5.67. The lowest BCUT2D eigenvalue weighted by molar-refractivity contribution is -0.147. The normalized spacial score (nSPS) is 33.4. The zero-order valence-electron chi connectivity index (χ0n) is 22.5. The smallest absolute Gasteiger partial charge is 0.261 e. The summed E-state index contributed by atoms with van der Waals surface area (Å²) in [7, 11) is -3.62. The molecule has 1 heterocycles. The van der Waals surface area contributed by atoms with Crippen molar-refractivity contribution in [3.05, 3.63) is 23.9 Å². The molecule has 4 aliphatic rings. The van der Waals surface area contributed by atoms with Crippen molar-refractivity contribution in [2.24, 2.45) is 27.1 Å². The number of likely N-dealkylation sites (tertiary alicyclic amines) is 1. The Bertz CT molecular complexity index is 1120. The summed E-state index contributed by atoms with van der Waals surface area (Å²) in [5, 5.41) is 0. The predicted molar refractivity (Wildman–Crippen MR) is 136 cm³/mol. The molecule has 0 aromatic carbocycles. The molecule has 1 saturated heterocycles. The average Bonchev–Trinajstić information content (AvgIpc) is 3.43. The van der Waals surface area contributed by atoms with Gasteiger partial charge in [-0.3, -0.25) is 15.0 Å². The van der Waals surface area contributed by atoms with Crippen LogP contribution in [0.15, 0.2) is 23.9 Å². The fourth-order valence-corrected chi connectivity index (χ4v) is 8.01. The van der Waals surface area contributed by atoms with Gasteiger partial charge in [-0.25, -0.2) is 13.1 Å². The minimum atomic E-state index is -3.62. The van der Waals surface area contributed by atoms with Crippen LogP contribution < -0.4 is 15.6 Å². The number of nitrogens with one attached hydrogen (secondary N) is 3. The van der Waals surface area contributed by atoms with Gasteiger partial charge in [-0.2, -0.15) is 0 Å². The van der Waals surface area contributed by atoms with E-state index in [9.17, 15) is 18.0 Å². The highest BCUT2D eigenvalue weighted by atomic mass is 32.2. The van der Waals surface area contributed by atoms with Crippen molar-refractivity contribution in [3.8, 4) is 0 Å². The zero-order chi connectivity index (χ0) is 26.4. The van der Waals surface area contributed by atoms with E-state index >= 15 is 0 Å². The highest BCUT2D eigenvalue weighted by molar-refractivity contribution is 7.88. The van der Waals surface area contributed by atoms with Gasteiger partial charge in [0.1, 0.15) is 12.1 Å². The predicted octanol–water partition coefficient (Wildman–Crippen LogP) is 2.85. The van der Waals surface area contributed by atoms with Crippen LogP contribution >= 0.6 is 0 Å². The van der Waals surface area contributed by atoms with Crippen LogP contribution in [0.3, 0.4) is 0 Å². The lowest BCUT2D eigenvalue weighted by Gasteiger charge is -2.42. The van der Waals surface area contributed by atoms with Gasteiger partial charge in [0.05, 0.1) is 6.26 Å². The third-order valence-corrected chi connectivity index (χ3v) is 10.1. The molecule has 4 rings (SSSR count). The number of carbonyl (C=O) groups is 2. The average molecular weight is 507 g/mol. The molecule has 3 fully saturated rings. The van der Waals surface area contributed by atoms with E-state index in [0.29, 0.717) is 6.54 Å². The van der Waals surface area contributed by atoms with Gasteiger partial charge in [0.25, 0.3) is 5.91 Å². The van der Waals surface area contributed by atoms with Gasteiger partial charge in [-0.05, 0) is 47.5 Å². The Hall–Kier alpha value is -1.87. The summed E-state index contributed by atoms with van der Waals surface area (Å²) in [4.78, 5) is 29.1. The fourth-order valence-electron chi connectivity index (χ4n) is 7.13. The third kappa shape index (κ3) is 3.84. The van der Waals surface area contributed by atoms with Crippen LogP contribution in [0, 0.1) is 27.1 Å². The number of hydrogen-bond acceptors (Lipinski definition) is 5. The topological polar surface area (TPSA) is 108 Å². The van der Waals surface area contributed by atoms with E-state index < -0.39 is 27.5 Å². The maximum atomic E-state index is 13.8. The number of rotatable bonds is 7. The van der Waals surface area contributed by atoms with Crippen molar-refractivity contribution >= 4 is 21.8 Å². The Morgan fingerprint density at radius 2 is 1.83 bits per heavy atom. The maximum Gasteiger partial charge on any atom is 0.261 e. The lowest BCUT2D eigenvalue weighted by Crippen LogP contribution is -2.62. The summed E-state index contributed by atoms with van der Waals surface area (Å²) in [6, 6.07) is -1.60. The summed E-state index contributed by atoms with van der Waals surface area (Å²) in [6.45, 7) is 18.7. The number of hydrogen-bond donors (Lipinski definition) is 3. The molecular formula is C26H42N4O4S. The molecule has 196 valence electrons. The molecule has 0 bridgehead atoms. The number of piperidine rings is 2. The molecule has 1 unspecified atom stereocenters. The van der Waals surface area contributed by atoms with E-state index in [-0.39, 0.29) is 33.5 Å². The van der Waals surface area contributed by atoms with Crippen LogP contribution in [-0.4, -0.2) is 50.0 Å². The second-order valence-electron chi connectivity index (χ2n) is 13.6. The van der Waals surface area contributed by atoms with E-state index in [1.165, 1.54) is 0 Å². The van der Waals surface area contributed by atoms with Crippen LogP contribution in [0.1, 0.15) is 74.1 Å². The monoisotopic (exact) mass is 506 g/mol. The molecule has 2 saturated carbocycles. The Balaban J connectivity index is 1.58. The SMILES string of the molecule is C=CC1=C(NNC(=O)[C@H]2N(C(=O)[C@@H](NS(C)(=O)=O)C(C)(C)C)C[C@@]34CC23C4(C)C)CCC(C)(C)C1. The summed E-state index contributed by atoms with van der Waals surface area (Å²) in [5.41, 5.74) is 7.32. The van der Waals surface area contributed by atoms with Crippen molar-refractivity contribution in [1.29, 1.82) is 0 Å². The van der Waals surface area contributed by atoms with Crippen LogP contribution in [0.25, 0.3) is 0 Å². The molecule has 3 N–H and O–H groups in total. The summed E-state index contributed by atoms with van der Waals surface area (Å²) < 4.78 is 26.7. The van der Waals surface area contributed by atoms with Gasteiger partial charge in [0, 0.05) is 23.1 Å². The van der Waals surface area contributed by atoms with E-state index in [1.807, 2.05) is 26.8 Å². The quantitative estimate of drug-likeness (QED) is 0.460. The van der Waals surface area contributed by atoms with E-state index in [0.717, 1.165) is 43.2 Å². The molecule has 0 aromatic rings. The summed E-state index contributed by atoms with van der Waals surface area (Å²) >= 11 is 0. The first-order valence-electron chi connectivity index (χ1n) is 12.5. The standard InChI is InChI=1S/C26H42N4O4S/c1-10-16-13-23(5,6)12-11-17(16)27-28-20(31)19-26-14-25(26,24(26,7)8)15-30(19)21(32)18(22(2,3)4)29-35(9,33)34/h10,18-19,27,29H,1,11-15H2,2-9H3,(H,28,31)/t18-,19-,25-,26?/m1/s1. The van der Waals surface area contributed by atoms with Crippen molar-refractivity contribution in [1.82, 2.24) is 20.5 Å². The van der Waals surface area contributed by atoms with Gasteiger partial charge < -0.3 is 10.3 Å². The molecule has 0 aromatic heterocycles. The first-order valence-corrected chi connectivity index (χ1v) is 14.4. The Labute approximate surface area is 210 Å². The van der Waals surface area contributed by atoms with E-state index in [4.69, 9.17) is 0 Å². The molecule has 9 heteroatoms. The van der Waals surface area contributed by atoms with Gasteiger partial charge in [-0.15, -0.1) is 0 Å². The number of carbonyl (C=O) groups excluding carboxylic acids is 2. The van der Waals surface area contributed by atoms with Gasteiger partial charge in [-0.1, -0.05) is 61.1 Å². The first kappa shape index (κ1) is 26.2. The van der Waals surface area contributed by atoms with E-state index in [2.05, 4.69) is 49.8 Å². The number of hydrazine groups is 1. The number of amides is 2. The minimum absolute atomic E-state index is 0.0271. The second-order valence-corrected chi connectivity index (χ2v) is 15.4. The minimum Gasteiger partial charge on any atom is -0.328 e. The van der Waals surface area contributed by atoms with Crippen molar-refractivity contribution in [2.45, 2.75) is 86.2 Å². The number of allylic oxidation sites excluding steroid dienone is 3. The molecule has 35 heavy (non-hydrogen) atoms. The highest BCUT2D eigenvalue weighted by Crippen LogP contribution is 3.00. The molecule has 1 aliphatic heterocycles. The van der Waals surface area contributed by atoms with E-state index in [1.54, 1.807) is 4.90 Å². The molecule has 0 radical (unpaired) electrons. The molecule has 2 amide bonds. The third-order valence-electron chi connectivity index (χ3n) is 9.45. The maximum absolute atomic E-state index is 13.8. The molecule has 4 atom stereocenters. The number of sulfonamides is 1. The molecule has 3 aliphatic carbocycles. The zero-order valence-corrected chi connectivity index (χ0v) is 23.3. The highest BCUT2D eigenvalue weighted by Gasteiger charge is 3.02. The van der Waals surface area contributed by atoms with Crippen molar-refractivity contribution < 1.29 is 18.0 Å². The molecule has 0 spiro atoms. The van der Waals surface area contributed by atoms with Crippen molar-refractivity contribution in [2.75, 3.05) is 12.8 Å². The number of nitrogens with zero attached hydrogens (tertiary/aromatic N) is 1. The van der Waals surface area contributed by atoms with Gasteiger partial charge in [0.15, 0.2) is 0 Å². The van der Waals surface area contributed by atoms with Gasteiger partial charge >= 0.3 is 0 Å². The van der Waals surface area contributed by atoms with Gasteiger partial charge in [0.2, 0.25) is 15.9 Å². The first-order chi connectivity index (χ1) is 15.8. The largest absolute Gasteiger partial charge is 0.328 e. The summed E-state index contributed by atoms with van der Waals surface area (Å²) in [6.07, 6.45) is 6.52. The Morgan fingerprint density at radius 1 is 1.20 bits per heavy atom. The molecular weight excluding hydrogens is 464 g/mol.